The first-order chi connectivity index (χ1) is 9.16. The van der Waals surface area contributed by atoms with Crippen LogP contribution in [0.3, 0.4) is 0 Å². The molecule has 0 fully saturated rings. The second-order valence-corrected chi connectivity index (χ2v) is 4.91. The molecule has 2 aromatic rings. The zero-order valence-electron chi connectivity index (χ0n) is 11.6. The Morgan fingerprint density at radius 2 is 1.74 bits per heavy atom. The first kappa shape index (κ1) is 13.6. The van der Waals surface area contributed by atoms with Crippen LogP contribution in [0.4, 0.5) is 5.69 Å². The number of nitrogens with two attached hydrogens (primary N) is 1. The first-order valence-electron chi connectivity index (χ1n) is 6.62. The van der Waals surface area contributed by atoms with E-state index < -0.39 is 0 Å². The van der Waals surface area contributed by atoms with Crippen LogP contribution in [-0.2, 0) is 6.42 Å². The van der Waals surface area contributed by atoms with Gasteiger partial charge in [0.05, 0.1) is 0 Å². The minimum Gasteiger partial charge on any atom is -0.374 e. The summed E-state index contributed by atoms with van der Waals surface area (Å²) in [6.07, 6.45) is 4.70. The number of aromatic nitrogens is 1. The Balaban J connectivity index is 1.94. The standard InChI is InChI=1S/C16H21N3/c1-13(17)15-3-5-16(6-4-15)19(2)12-9-14-7-10-18-11-8-14/h3-8,10-11,13H,9,12,17H2,1-2H3/t13-/m1/s1. The second kappa shape index (κ2) is 6.34. The van der Waals surface area contributed by atoms with E-state index in [4.69, 9.17) is 5.73 Å². The zero-order valence-corrected chi connectivity index (χ0v) is 11.6. The highest BCUT2D eigenvalue weighted by Gasteiger charge is 2.03. The molecular formula is C16H21N3. The molecule has 0 aliphatic heterocycles. The van der Waals surface area contributed by atoms with Gasteiger partial charge >= 0.3 is 0 Å². The van der Waals surface area contributed by atoms with Gasteiger partial charge in [-0.3, -0.25) is 4.98 Å². The van der Waals surface area contributed by atoms with E-state index in [1.807, 2.05) is 19.3 Å². The number of pyridine rings is 1. The summed E-state index contributed by atoms with van der Waals surface area (Å²) in [4.78, 5) is 6.29. The smallest absolute Gasteiger partial charge is 0.0363 e. The number of hydrogen-bond acceptors (Lipinski definition) is 3. The van der Waals surface area contributed by atoms with Crippen molar-refractivity contribution >= 4 is 5.69 Å². The molecule has 1 aromatic heterocycles. The van der Waals surface area contributed by atoms with Gasteiger partial charge in [0.1, 0.15) is 0 Å². The first-order valence-corrected chi connectivity index (χ1v) is 6.62. The van der Waals surface area contributed by atoms with E-state index in [1.54, 1.807) is 0 Å². The number of benzene rings is 1. The van der Waals surface area contributed by atoms with E-state index >= 15 is 0 Å². The molecule has 1 heterocycles. The lowest BCUT2D eigenvalue weighted by molar-refractivity contribution is 0.816. The van der Waals surface area contributed by atoms with Gasteiger partial charge in [0.15, 0.2) is 0 Å². The van der Waals surface area contributed by atoms with Gasteiger partial charge < -0.3 is 10.6 Å². The van der Waals surface area contributed by atoms with Gasteiger partial charge in [-0.2, -0.15) is 0 Å². The quantitative estimate of drug-likeness (QED) is 0.893. The van der Waals surface area contributed by atoms with Crippen molar-refractivity contribution in [1.82, 2.24) is 4.98 Å². The topological polar surface area (TPSA) is 42.1 Å². The minimum absolute atomic E-state index is 0.0937. The molecule has 1 aromatic carbocycles. The molecule has 2 N–H and O–H groups in total. The van der Waals surface area contributed by atoms with Gasteiger partial charge in [0.25, 0.3) is 0 Å². The fraction of sp³-hybridized carbons (Fsp3) is 0.312. The molecule has 0 unspecified atom stereocenters. The lowest BCUT2D eigenvalue weighted by Gasteiger charge is -2.20. The number of nitrogens with zero attached hydrogens (tertiary/aromatic N) is 2. The molecule has 19 heavy (non-hydrogen) atoms. The third kappa shape index (κ3) is 3.80. The molecule has 100 valence electrons. The monoisotopic (exact) mass is 255 g/mol. The predicted octanol–water partition coefficient (Wildman–Crippen LogP) is 2.78. The van der Waals surface area contributed by atoms with Crippen LogP contribution >= 0.6 is 0 Å². The molecule has 0 aliphatic rings. The Bertz CT molecular complexity index is 491. The lowest BCUT2D eigenvalue weighted by atomic mass is 10.1. The Labute approximate surface area is 115 Å². The van der Waals surface area contributed by atoms with Crippen molar-refractivity contribution in [2.24, 2.45) is 5.73 Å². The van der Waals surface area contributed by atoms with Gasteiger partial charge in [-0.15, -0.1) is 0 Å². The summed E-state index contributed by atoms with van der Waals surface area (Å²) >= 11 is 0. The maximum atomic E-state index is 5.86. The molecule has 0 saturated carbocycles. The van der Waals surface area contributed by atoms with E-state index in [9.17, 15) is 0 Å². The van der Waals surface area contributed by atoms with Crippen molar-refractivity contribution in [1.29, 1.82) is 0 Å². The van der Waals surface area contributed by atoms with Crippen LogP contribution in [-0.4, -0.2) is 18.6 Å². The maximum absolute atomic E-state index is 5.86. The van der Waals surface area contributed by atoms with Crippen LogP contribution in [0.2, 0.25) is 0 Å². The highest BCUT2D eigenvalue weighted by molar-refractivity contribution is 5.47. The molecule has 0 spiro atoms. The summed E-state index contributed by atoms with van der Waals surface area (Å²) in [5.74, 6) is 0. The summed E-state index contributed by atoms with van der Waals surface area (Å²) in [7, 11) is 2.11. The second-order valence-electron chi connectivity index (χ2n) is 4.91. The summed E-state index contributed by atoms with van der Waals surface area (Å²) in [6, 6.07) is 12.7. The maximum Gasteiger partial charge on any atom is 0.0363 e. The highest BCUT2D eigenvalue weighted by atomic mass is 15.1. The number of likely N-dealkylation sites (N-methyl/N-ethyl adjacent to an activating group) is 1. The SMILES string of the molecule is C[C@@H](N)c1ccc(N(C)CCc2ccncc2)cc1. The summed E-state index contributed by atoms with van der Waals surface area (Å²) in [5, 5.41) is 0. The van der Waals surface area contributed by atoms with E-state index in [0.29, 0.717) is 0 Å². The molecule has 3 nitrogen and oxygen atoms in total. The van der Waals surface area contributed by atoms with Gasteiger partial charge in [-0.25, -0.2) is 0 Å². The fourth-order valence-corrected chi connectivity index (χ4v) is 2.01. The number of hydrogen-bond donors (Lipinski definition) is 1. The molecule has 0 radical (unpaired) electrons. The van der Waals surface area contributed by atoms with Gasteiger partial charge in [0, 0.05) is 37.7 Å². The largest absolute Gasteiger partial charge is 0.374 e. The van der Waals surface area contributed by atoms with Crippen LogP contribution in [0.15, 0.2) is 48.8 Å². The third-order valence-corrected chi connectivity index (χ3v) is 3.34. The summed E-state index contributed by atoms with van der Waals surface area (Å²) in [6.45, 7) is 2.99. The zero-order chi connectivity index (χ0) is 13.7. The average molecular weight is 255 g/mol. The number of anilines is 1. The van der Waals surface area contributed by atoms with Crippen LogP contribution in [0.1, 0.15) is 24.1 Å². The van der Waals surface area contributed by atoms with Crippen LogP contribution in [0.25, 0.3) is 0 Å². The van der Waals surface area contributed by atoms with Crippen molar-refractivity contribution in [3.63, 3.8) is 0 Å². The molecule has 0 aliphatic carbocycles. The molecule has 3 heteroatoms. The van der Waals surface area contributed by atoms with Crippen LogP contribution in [0, 0.1) is 0 Å². The fourth-order valence-electron chi connectivity index (χ4n) is 2.01. The molecule has 0 bridgehead atoms. The van der Waals surface area contributed by atoms with Crippen molar-refractivity contribution in [2.45, 2.75) is 19.4 Å². The van der Waals surface area contributed by atoms with Crippen molar-refractivity contribution in [3.05, 3.63) is 59.9 Å². The Morgan fingerprint density at radius 3 is 2.32 bits per heavy atom. The Hall–Kier alpha value is -1.87. The van der Waals surface area contributed by atoms with Crippen LogP contribution < -0.4 is 10.6 Å². The molecular weight excluding hydrogens is 234 g/mol. The molecule has 2 rings (SSSR count). The van der Waals surface area contributed by atoms with E-state index in [1.165, 1.54) is 16.8 Å². The van der Waals surface area contributed by atoms with Crippen molar-refractivity contribution < 1.29 is 0 Å². The summed E-state index contributed by atoms with van der Waals surface area (Å²) in [5.41, 5.74) is 9.56. The number of rotatable bonds is 5. The van der Waals surface area contributed by atoms with Crippen molar-refractivity contribution in [2.75, 3.05) is 18.5 Å². The summed E-state index contributed by atoms with van der Waals surface area (Å²) < 4.78 is 0. The Morgan fingerprint density at radius 1 is 1.11 bits per heavy atom. The van der Waals surface area contributed by atoms with Gasteiger partial charge in [-0.05, 0) is 48.7 Å². The Kier molecular flexibility index (Phi) is 4.53. The van der Waals surface area contributed by atoms with E-state index in [2.05, 4.69) is 53.3 Å². The third-order valence-electron chi connectivity index (χ3n) is 3.34. The van der Waals surface area contributed by atoms with Crippen molar-refractivity contribution in [3.8, 4) is 0 Å². The average Bonchev–Trinajstić information content (AvgIpc) is 2.46. The van der Waals surface area contributed by atoms with E-state index in [-0.39, 0.29) is 6.04 Å². The van der Waals surface area contributed by atoms with E-state index in [0.717, 1.165) is 13.0 Å². The molecule has 0 saturated heterocycles. The predicted molar refractivity (Wildman–Crippen MR) is 80.3 cm³/mol. The van der Waals surface area contributed by atoms with Gasteiger partial charge in [-0.1, -0.05) is 12.1 Å². The lowest BCUT2D eigenvalue weighted by Crippen LogP contribution is -2.20. The minimum atomic E-state index is 0.0937. The van der Waals surface area contributed by atoms with Gasteiger partial charge in [0.2, 0.25) is 0 Å². The van der Waals surface area contributed by atoms with Crippen LogP contribution in [0.5, 0.6) is 0 Å². The normalized spacial score (nSPS) is 12.2. The highest BCUT2D eigenvalue weighted by Crippen LogP contribution is 2.17. The molecule has 1 atom stereocenters. The molecule has 0 amide bonds.